The molecule has 4 rings (SSSR count). The van der Waals surface area contributed by atoms with Gasteiger partial charge < -0.3 is 9.47 Å². The molecule has 2 bridgehead atoms. The summed E-state index contributed by atoms with van der Waals surface area (Å²) in [5.41, 5.74) is 0.954. The Morgan fingerprint density at radius 1 is 1.59 bits per heavy atom. The van der Waals surface area contributed by atoms with Gasteiger partial charge in [0.1, 0.15) is 0 Å². The van der Waals surface area contributed by atoms with Crippen LogP contribution in [0.15, 0.2) is 11.6 Å². The molecule has 4 aliphatic rings. The van der Waals surface area contributed by atoms with E-state index in [9.17, 15) is 4.79 Å². The van der Waals surface area contributed by atoms with Crippen molar-refractivity contribution in [3.63, 3.8) is 0 Å². The standard InChI is InChI=1S/C13H17NO3/c1-16-10-5-11-13-6-9(14(11)7-10)3-2-8(13)4-12(15)17-13/h4,9-11H,2-3,5-7H2,1H3. The molecular weight excluding hydrogens is 218 g/mol. The highest BCUT2D eigenvalue weighted by Crippen LogP contribution is 2.54. The summed E-state index contributed by atoms with van der Waals surface area (Å²) in [6, 6.07) is 0.945. The number of nitrogens with zero attached hydrogens (tertiary/aromatic N) is 1. The van der Waals surface area contributed by atoms with Gasteiger partial charge in [0.2, 0.25) is 0 Å². The number of rotatable bonds is 1. The van der Waals surface area contributed by atoms with Crippen LogP contribution in [-0.2, 0) is 14.3 Å². The minimum atomic E-state index is -0.284. The largest absolute Gasteiger partial charge is 0.450 e. The summed E-state index contributed by atoms with van der Waals surface area (Å²) in [5, 5.41) is 0. The van der Waals surface area contributed by atoms with Gasteiger partial charge in [0.15, 0.2) is 5.60 Å². The molecule has 3 aliphatic heterocycles. The van der Waals surface area contributed by atoms with Gasteiger partial charge in [0.25, 0.3) is 0 Å². The van der Waals surface area contributed by atoms with Gasteiger partial charge in [-0.1, -0.05) is 0 Å². The van der Waals surface area contributed by atoms with Gasteiger partial charge in [-0.2, -0.15) is 0 Å². The molecule has 0 N–H and O–H groups in total. The Kier molecular flexibility index (Phi) is 1.85. The molecule has 1 aliphatic carbocycles. The molecule has 92 valence electrons. The molecule has 3 fully saturated rings. The molecule has 1 saturated carbocycles. The fourth-order valence-electron chi connectivity index (χ4n) is 4.32. The zero-order chi connectivity index (χ0) is 11.6. The third-order valence-electron chi connectivity index (χ3n) is 5.05. The van der Waals surface area contributed by atoms with Crippen LogP contribution in [0.5, 0.6) is 0 Å². The molecule has 0 amide bonds. The first kappa shape index (κ1) is 10.1. The molecular formula is C13H17NO3. The minimum Gasteiger partial charge on any atom is -0.450 e. The van der Waals surface area contributed by atoms with Crippen LogP contribution in [0.1, 0.15) is 25.7 Å². The third-order valence-corrected chi connectivity index (χ3v) is 5.05. The van der Waals surface area contributed by atoms with E-state index in [1.165, 1.54) is 5.57 Å². The van der Waals surface area contributed by atoms with Gasteiger partial charge in [-0.3, -0.25) is 4.90 Å². The van der Waals surface area contributed by atoms with Crippen LogP contribution in [0.4, 0.5) is 0 Å². The van der Waals surface area contributed by atoms with Crippen molar-refractivity contribution in [2.24, 2.45) is 0 Å². The van der Waals surface area contributed by atoms with Crippen molar-refractivity contribution in [1.29, 1.82) is 0 Å². The maximum Gasteiger partial charge on any atom is 0.331 e. The zero-order valence-electron chi connectivity index (χ0n) is 10.0. The average Bonchev–Trinajstić information content (AvgIpc) is 2.92. The Morgan fingerprint density at radius 3 is 3.29 bits per heavy atom. The molecule has 3 heterocycles. The van der Waals surface area contributed by atoms with E-state index in [-0.39, 0.29) is 11.6 Å². The highest BCUT2D eigenvalue weighted by atomic mass is 16.6. The maximum absolute atomic E-state index is 11.6. The number of methoxy groups -OCH3 is 1. The Balaban J connectivity index is 1.75. The molecule has 4 atom stereocenters. The van der Waals surface area contributed by atoms with Gasteiger partial charge in [0.05, 0.1) is 12.1 Å². The monoisotopic (exact) mass is 235 g/mol. The lowest BCUT2D eigenvalue weighted by atomic mass is 9.77. The van der Waals surface area contributed by atoms with Crippen LogP contribution in [0.3, 0.4) is 0 Å². The fourth-order valence-corrected chi connectivity index (χ4v) is 4.32. The lowest BCUT2D eigenvalue weighted by molar-refractivity contribution is -0.147. The summed E-state index contributed by atoms with van der Waals surface area (Å²) < 4.78 is 11.2. The predicted molar refractivity (Wildman–Crippen MR) is 60.5 cm³/mol. The third kappa shape index (κ3) is 1.13. The van der Waals surface area contributed by atoms with E-state index in [0.717, 1.165) is 32.2 Å². The van der Waals surface area contributed by atoms with Crippen molar-refractivity contribution >= 4 is 5.97 Å². The van der Waals surface area contributed by atoms with E-state index in [2.05, 4.69) is 4.90 Å². The van der Waals surface area contributed by atoms with E-state index < -0.39 is 0 Å². The van der Waals surface area contributed by atoms with E-state index in [0.29, 0.717) is 18.2 Å². The van der Waals surface area contributed by atoms with Crippen molar-refractivity contribution < 1.29 is 14.3 Å². The molecule has 0 aromatic rings. The van der Waals surface area contributed by atoms with Crippen molar-refractivity contribution in [3.8, 4) is 0 Å². The summed E-state index contributed by atoms with van der Waals surface area (Å²) in [6.07, 6.45) is 6.24. The van der Waals surface area contributed by atoms with E-state index in [4.69, 9.17) is 9.47 Å². The fraction of sp³-hybridized carbons (Fsp3) is 0.769. The van der Waals surface area contributed by atoms with Gasteiger partial charge >= 0.3 is 5.97 Å². The second-order valence-electron chi connectivity index (χ2n) is 5.68. The van der Waals surface area contributed by atoms with Crippen molar-refractivity contribution in [1.82, 2.24) is 4.90 Å². The zero-order valence-corrected chi connectivity index (χ0v) is 10.0. The average molecular weight is 235 g/mol. The van der Waals surface area contributed by atoms with Gasteiger partial charge in [-0.25, -0.2) is 4.79 Å². The molecule has 4 heteroatoms. The normalized spacial score (nSPS) is 47.7. The van der Waals surface area contributed by atoms with Gasteiger partial charge in [0, 0.05) is 32.2 Å². The SMILES string of the molecule is COC1CC2N(C1)C1CCC3=CC(=O)OC32C1. The number of fused-ring (bicyclic) bond motifs is 3. The van der Waals surface area contributed by atoms with Crippen LogP contribution in [0.2, 0.25) is 0 Å². The van der Waals surface area contributed by atoms with E-state index in [1.54, 1.807) is 13.2 Å². The Labute approximate surface area is 101 Å². The first-order valence-electron chi connectivity index (χ1n) is 6.45. The first-order chi connectivity index (χ1) is 8.23. The number of carbonyl (C=O) groups is 1. The number of hydrogen-bond acceptors (Lipinski definition) is 4. The van der Waals surface area contributed by atoms with Crippen LogP contribution in [-0.4, -0.2) is 48.3 Å². The van der Waals surface area contributed by atoms with Gasteiger partial charge in [-0.15, -0.1) is 0 Å². The second kappa shape index (κ2) is 3.12. The van der Waals surface area contributed by atoms with Crippen molar-refractivity contribution in [2.75, 3.05) is 13.7 Å². The Hall–Kier alpha value is -0.870. The maximum atomic E-state index is 11.6. The van der Waals surface area contributed by atoms with Gasteiger partial charge in [-0.05, 0) is 24.8 Å². The molecule has 4 unspecified atom stereocenters. The molecule has 4 nitrogen and oxygen atoms in total. The van der Waals surface area contributed by atoms with Crippen molar-refractivity contribution in [3.05, 3.63) is 11.6 Å². The molecule has 0 aromatic carbocycles. The predicted octanol–water partition coefficient (Wildman–Crippen LogP) is 0.864. The van der Waals surface area contributed by atoms with Crippen molar-refractivity contribution in [2.45, 2.75) is 49.5 Å². The van der Waals surface area contributed by atoms with E-state index in [1.807, 2.05) is 0 Å². The van der Waals surface area contributed by atoms with Crippen LogP contribution in [0, 0.1) is 0 Å². The number of hydrogen-bond donors (Lipinski definition) is 0. The Bertz CT molecular complexity index is 419. The summed E-state index contributed by atoms with van der Waals surface area (Å²) in [7, 11) is 1.78. The number of carbonyl (C=O) groups excluding carboxylic acids is 1. The highest BCUT2D eigenvalue weighted by Gasteiger charge is 2.63. The van der Waals surface area contributed by atoms with E-state index >= 15 is 0 Å². The lowest BCUT2D eigenvalue weighted by Crippen LogP contribution is -2.43. The topological polar surface area (TPSA) is 38.8 Å². The first-order valence-corrected chi connectivity index (χ1v) is 6.45. The van der Waals surface area contributed by atoms with Crippen LogP contribution < -0.4 is 0 Å². The molecule has 1 spiro atoms. The van der Waals surface area contributed by atoms with Crippen LogP contribution >= 0.6 is 0 Å². The van der Waals surface area contributed by atoms with Crippen LogP contribution in [0.25, 0.3) is 0 Å². The summed E-state index contributed by atoms with van der Waals surface area (Å²) in [6.45, 7) is 0.998. The number of esters is 1. The molecule has 17 heavy (non-hydrogen) atoms. The second-order valence-corrected chi connectivity index (χ2v) is 5.68. The number of ether oxygens (including phenoxy) is 2. The molecule has 2 saturated heterocycles. The summed E-state index contributed by atoms with van der Waals surface area (Å²) in [5.74, 6) is -0.136. The highest BCUT2D eigenvalue weighted by molar-refractivity contribution is 5.87. The molecule has 0 radical (unpaired) electrons. The smallest absolute Gasteiger partial charge is 0.331 e. The lowest BCUT2D eigenvalue weighted by Gasteiger charge is -2.33. The Morgan fingerprint density at radius 2 is 2.47 bits per heavy atom. The summed E-state index contributed by atoms with van der Waals surface area (Å²) in [4.78, 5) is 14.1. The quantitative estimate of drug-likeness (QED) is 0.632. The molecule has 0 aromatic heterocycles. The summed E-state index contributed by atoms with van der Waals surface area (Å²) >= 11 is 0. The minimum absolute atomic E-state index is 0.136.